The molecule has 2 atom stereocenters. The summed E-state index contributed by atoms with van der Waals surface area (Å²) in [6.07, 6.45) is -6.35. The maximum atomic E-state index is 12.0. The summed E-state index contributed by atoms with van der Waals surface area (Å²) in [5, 5.41) is 12.4. The topological polar surface area (TPSA) is 61.4 Å². The van der Waals surface area contributed by atoms with E-state index in [0.29, 0.717) is 0 Å². The van der Waals surface area contributed by atoms with E-state index < -0.39 is 30.9 Å². The number of carbonyl (C=O) groups excluding carboxylic acids is 1. The Morgan fingerprint density at radius 3 is 2.50 bits per heavy atom. The van der Waals surface area contributed by atoms with Crippen LogP contribution in [0, 0.1) is 5.92 Å². The molecule has 0 aromatic carbocycles. The third-order valence-electron chi connectivity index (χ3n) is 1.56. The molecule has 0 aliphatic carbocycles. The van der Waals surface area contributed by atoms with Gasteiger partial charge < -0.3 is 15.7 Å². The second-order valence-electron chi connectivity index (χ2n) is 2.45. The highest BCUT2D eigenvalue weighted by Crippen LogP contribution is 2.28. The fraction of sp³-hybridized carbons (Fsp3) is 0.800. The molecule has 0 saturated carbocycles. The van der Waals surface area contributed by atoms with Crippen LogP contribution < -0.4 is 10.6 Å². The van der Waals surface area contributed by atoms with Gasteiger partial charge in [-0.3, -0.25) is 0 Å². The van der Waals surface area contributed by atoms with Gasteiger partial charge in [0.2, 0.25) is 0 Å². The number of amides is 2. The van der Waals surface area contributed by atoms with Crippen LogP contribution in [0.3, 0.4) is 0 Å². The average molecular weight is 184 g/mol. The lowest BCUT2D eigenvalue weighted by atomic mass is 10.1. The van der Waals surface area contributed by atoms with Crippen LogP contribution in [0.1, 0.15) is 0 Å². The first-order valence-electron chi connectivity index (χ1n) is 3.20. The zero-order valence-electron chi connectivity index (χ0n) is 5.85. The van der Waals surface area contributed by atoms with Gasteiger partial charge in [0, 0.05) is 6.54 Å². The number of rotatable bonds is 0. The number of carbonyl (C=O) groups is 1. The van der Waals surface area contributed by atoms with E-state index in [1.54, 1.807) is 5.32 Å². The van der Waals surface area contributed by atoms with Gasteiger partial charge in [-0.15, -0.1) is 0 Å². The largest absolute Gasteiger partial charge is 0.397 e. The Kier molecular flexibility index (Phi) is 2.14. The van der Waals surface area contributed by atoms with Crippen molar-refractivity contribution in [1.82, 2.24) is 10.6 Å². The summed E-state index contributed by atoms with van der Waals surface area (Å²) in [5.74, 6) is -1.94. The van der Waals surface area contributed by atoms with Gasteiger partial charge in [0.15, 0.2) is 0 Å². The van der Waals surface area contributed by atoms with Gasteiger partial charge in [-0.25, -0.2) is 4.79 Å². The predicted molar refractivity (Wildman–Crippen MR) is 32.1 cm³/mol. The lowest BCUT2D eigenvalue weighted by Crippen LogP contribution is -2.58. The minimum absolute atomic E-state index is 0.587. The number of hydrogen-bond donors (Lipinski definition) is 3. The molecule has 1 heterocycles. The molecule has 7 heteroatoms. The predicted octanol–water partition coefficient (Wildman–Crippen LogP) is -0.204. The molecular formula is C5H7F3N2O2. The Balaban J connectivity index is 2.62. The summed E-state index contributed by atoms with van der Waals surface area (Å²) in [7, 11) is 0. The van der Waals surface area contributed by atoms with Crippen LogP contribution in [0.2, 0.25) is 0 Å². The Bertz CT molecular complexity index is 194. The van der Waals surface area contributed by atoms with Gasteiger partial charge in [-0.05, 0) is 0 Å². The van der Waals surface area contributed by atoms with E-state index in [4.69, 9.17) is 5.11 Å². The van der Waals surface area contributed by atoms with E-state index in [0.717, 1.165) is 0 Å². The zero-order valence-corrected chi connectivity index (χ0v) is 5.85. The van der Waals surface area contributed by atoms with Crippen molar-refractivity contribution < 1.29 is 23.1 Å². The highest BCUT2D eigenvalue weighted by molar-refractivity contribution is 5.74. The van der Waals surface area contributed by atoms with Gasteiger partial charge in [-0.1, -0.05) is 0 Å². The van der Waals surface area contributed by atoms with Gasteiger partial charge >= 0.3 is 12.2 Å². The van der Waals surface area contributed by atoms with Crippen molar-refractivity contribution in [2.45, 2.75) is 12.4 Å². The van der Waals surface area contributed by atoms with Crippen molar-refractivity contribution in [2.75, 3.05) is 6.54 Å². The lowest BCUT2D eigenvalue weighted by molar-refractivity contribution is -0.203. The third-order valence-corrected chi connectivity index (χ3v) is 1.56. The van der Waals surface area contributed by atoms with Crippen molar-refractivity contribution in [1.29, 1.82) is 0 Å². The summed E-state index contributed by atoms with van der Waals surface area (Å²) in [6, 6.07) is -0.789. The molecule has 0 spiro atoms. The third kappa shape index (κ3) is 1.79. The van der Waals surface area contributed by atoms with Crippen LogP contribution in [0.25, 0.3) is 0 Å². The lowest BCUT2D eigenvalue weighted by Gasteiger charge is -2.30. The smallest absolute Gasteiger partial charge is 0.373 e. The molecule has 12 heavy (non-hydrogen) atoms. The SMILES string of the molecule is O=C1NCC(C(F)(F)F)C(O)N1. The molecule has 1 saturated heterocycles. The van der Waals surface area contributed by atoms with Crippen molar-refractivity contribution >= 4 is 6.03 Å². The second-order valence-corrected chi connectivity index (χ2v) is 2.45. The Labute approximate surface area is 65.7 Å². The van der Waals surface area contributed by atoms with E-state index in [1.165, 1.54) is 0 Å². The minimum Gasteiger partial charge on any atom is -0.373 e. The highest BCUT2D eigenvalue weighted by atomic mass is 19.4. The first-order valence-corrected chi connectivity index (χ1v) is 3.20. The van der Waals surface area contributed by atoms with E-state index in [-0.39, 0.29) is 0 Å². The molecule has 1 rings (SSSR count). The van der Waals surface area contributed by atoms with Crippen molar-refractivity contribution in [3.05, 3.63) is 0 Å². The van der Waals surface area contributed by atoms with Crippen molar-refractivity contribution in [2.24, 2.45) is 5.92 Å². The minimum atomic E-state index is -4.50. The Morgan fingerprint density at radius 2 is 2.08 bits per heavy atom. The molecule has 1 aliphatic rings. The van der Waals surface area contributed by atoms with Gasteiger partial charge in [0.1, 0.15) is 12.1 Å². The maximum absolute atomic E-state index is 12.0. The number of urea groups is 1. The maximum Gasteiger partial charge on any atom is 0.397 e. The molecule has 0 aromatic rings. The molecule has 70 valence electrons. The summed E-state index contributed by atoms with van der Waals surface area (Å²) in [5.41, 5.74) is 0. The molecule has 2 amide bonds. The number of alkyl halides is 3. The van der Waals surface area contributed by atoms with Crippen LogP contribution in [0.4, 0.5) is 18.0 Å². The fourth-order valence-corrected chi connectivity index (χ4v) is 0.895. The molecule has 0 aromatic heterocycles. The quantitative estimate of drug-likeness (QED) is 0.488. The van der Waals surface area contributed by atoms with Gasteiger partial charge in [-0.2, -0.15) is 13.2 Å². The number of hydrogen-bond acceptors (Lipinski definition) is 2. The summed E-state index contributed by atoms with van der Waals surface area (Å²) in [6.45, 7) is -0.587. The fourth-order valence-electron chi connectivity index (χ4n) is 0.895. The second kappa shape index (κ2) is 2.81. The number of nitrogens with one attached hydrogen (secondary N) is 2. The van der Waals surface area contributed by atoms with Crippen LogP contribution >= 0.6 is 0 Å². The van der Waals surface area contributed by atoms with Crippen LogP contribution in [-0.4, -0.2) is 30.1 Å². The summed E-state index contributed by atoms with van der Waals surface area (Å²) in [4.78, 5) is 10.4. The zero-order chi connectivity index (χ0) is 9.35. The van der Waals surface area contributed by atoms with Crippen molar-refractivity contribution in [3.8, 4) is 0 Å². The molecule has 3 N–H and O–H groups in total. The average Bonchev–Trinajstić information content (AvgIpc) is 1.83. The van der Waals surface area contributed by atoms with Crippen molar-refractivity contribution in [3.63, 3.8) is 0 Å². The molecule has 4 nitrogen and oxygen atoms in total. The first-order chi connectivity index (χ1) is 5.41. The van der Waals surface area contributed by atoms with Gasteiger partial charge in [0.05, 0.1) is 0 Å². The molecule has 1 aliphatic heterocycles. The molecule has 0 radical (unpaired) electrons. The number of aliphatic hydroxyl groups excluding tert-OH is 1. The number of halogens is 3. The number of aliphatic hydroxyl groups is 1. The van der Waals surface area contributed by atoms with E-state index >= 15 is 0 Å². The van der Waals surface area contributed by atoms with E-state index in [1.807, 2.05) is 5.32 Å². The molecular weight excluding hydrogens is 177 g/mol. The molecule has 1 fully saturated rings. The van der Waals surface area contributed by atoms with Gasteiger partial charge in [0.25, 0.3) is 0 Å². The molecule has 0 bridgehead atoms. The van der Waals surface area contributed by atoms with E-state index in [2.05, 4.69) is 0 Å². The first kappa shape index (κ1) is 9.11. The Hall–Kier alpha value is -0.980. The normalized spacial score (nSPS) is 30.8. The highest BCUT2D eigenvalue weighted by Gasteiger charge is 2.46. The van der Waals surface area contributed by atoms with Crippen LogP contribution in [0.15, 0.2) is 0 Å². The Morgan fingerprint density at radius 1 is 1.50 bits per heavy atom. The van der Waals surface area contributed by atoms with E-state index in [9.17, 15) is 18.0 Å². The summed E-state index contributed by atoms with van der Waals surface area (Å²) < 4.78 is 35.9. The standard InChI is InChI=1S/C5H7F3N2O2/c6-5(7,8)2-1-9-4(12)10-3(2)11/h2-3,11H,1H2,(H2,9,10,12). The van der Waals surface area contributed by atoms with Crippen LogP contribution in [0.5, 0.6) is 0 Å². The monoisotopic (exact) mass is 184 g/mol. The van der Waals surface area contributed by atoms with Crippen LogP contribution in [-0.2, 0) is 0 Å². The summed E-state index contributed by atoms with van der Waals surface area (Å²) >= 11 is 0. The molecule has 2 unspecified atom stereocenters.